The number of imide groups is 2. The van der Waals surface area contributed by atoms with E-state index in [9.17, 15) is 19.2 Å². The number of rotatable bonds is 5. The minimum Gasteiger partial charge on any atom is -0.276 e. The van der Waals surface area contributed by atoms with E-state index in [1.54, 1.807) is 60.7 Å². The topological polar surface area (TPSA) is 172 Å². The summed E-state index contributed by atoms with van der Waals surface area (Å²) in [6, 6.07) is 17.0. The van der Waals surface area contributed by atoms with Gasteiger partial charge < -0.3 is 0 Å². The van der Waals surface area contributed by atoms with Crippen LogP contribution in [0.4, 0.5) is 11.4 Å². The minimum absolute atomic E-state index is 0.0998. The predicted octanol–water partition coefficient (Wildman–Crippen LogP) is 5.63. The van der Waals surface area contributed by atoms with Gasteiger partial charge in [0.25, 0.3) is 11.8 Å². The fraction of sp³-hybridized carbons (Fsp3) is 0.143. The SMILES string of the molecule is [N-]=[N+]=Nc1cc2c(c3ccccc13)C(=O)N(CCN1C(=O)Cc3cc(N=[N+]=[N-])c4ccccc4c3C1=O)C(=O)C2. The maximum Gasteiger partial charge on any atom is 0.261 e. The monoisotopic (exact) mass is 530 g/mol. The number of carbonyl (C=O) groups excluding carboxylic acids is 4. The van der Waals surface area contributed by atoms with Gasteiger partial charge in [-0.2, -0.15) is 0 Å². The van der Waals surface area contributed by atoms with Gasteiger partial charge in [-0.3, -0.25) is 29.0 Å². The second-order valence-electron chi connectivity index (χ2n) is 9.38. The Kier molecular flexibility index (Phi) is 5.88. The second kappa shape index (κ2) is 9.55. The van der Waals surface area contributed by atoms with E-state index in [1.165, 1.54) is 0 Å². The molecule has 0 spiro atoms. The smallest absolute Gasteiger partial charge is 0.261 e. The third-order valence-electron chi connectivity index (χ3n) is 7.26. The lowest BCUT2D eigenvalue weighted by Crippen LogP contribution is -2.50. The standard InChI is InChI=1S/C28H18N8O4/c29-33-31-21-11-15-13-23(37)35(27(39)25(15)19-7-3-1-5-17(19)21)9-10-36-24(38)14-16-12-22(32-34-30)18-6-2-4-8-20(18)26(16)28(36)40/h1-8,11-12H,9-10,13-14H2. The first kappa shape index (κ1) is 24.6. The van der Waals surface area contributed by atoms with Crippen molar-refractivity contribution in [2.24, 2.45) is 10.2 Å². The Labute approximate surface area is 225 Å². The number of nitrogens with zero attached hydrogens (tertiary/aromatic N) is 8. The molecule has 0 bridgehead atoms. The van der Waals surface area contributed by atoms with Gasteiger partial charge in [0.05, 0.1) is 24.0 Å². The molecule has 6 rings (SSSR count). The van der Waals surface area contributed by atoms with Crippen LogP contribution in [0.5, 0.6) is 0 Å². The number of azide groups is 2. The molecule has 194 valence electrons. The van der Waals surface area contributed by atoms with E-state index >= 15 is 0 Å². The third kappa shape index (κ3) is 3.80. The van der Waals surface area contributed by atoms with Crippen LogP contribution < -0.4 is 0 Å². The molecule has 0 radical (unpaired) electrons. The molecule has 2 aliphatic heterocycles. The maximum atomic E-state index is 13.6. The molecule has 4 amide bonds. The molecule has 2 aliphatic rings. The largest absolute Gasteiger partial charge is 0.276 e. The summed E-state index contributed by atoms with van der Waals surface area (Å²) in [7, 11) is 0. The predicted molar refractivity (Wildman–Crippen MR) is 145 cm³/mol. The summed E-state index contributed by atoms with van der Waals surface area (Å²) in [5.74, 6) is -2.06. The zero-order valence-electron chi connectivity index (χ0n) is 20.8. The van der Waals surface area contributed by atoms with Gasteiger partial charge in [-0.15, -0.1) is 0 Å². The highest BCUT2D eigenvalue weighted by atomic mass is 16.2. The first-order valence-corrected chi connectivity index (χ1v) is 12.3. The van der Waals surface area contributed by atoms with Crippen LogP contribution in [-0.2, 0) is 22.4 Å². The fourth-order valence-corrected chi connectivity index (χ4v) is 5.54. The molecule has 4 aromatic rings. The van der Waals surface area contributed by atoms with E-state index in [0.717, 1.165) is 9.80 Å². The van der Waals surface area contributed by atoms with Crippen LogP contribution in [0, 0.1) is 0 Å². The summed E-state index contributed by atoms with van der Waals surface area (Å²) in [6.45, 7) is -0.351. The summed E-state index contributed by atoms with van der Waals surface area (Å²) in [6.07, 6.45) is -0.200. The van der Waals surface area contributed by atoms with Gasteiger partial charge in [0.2, 0.25) is 11.8 Å². The molecule has 0 aromatic heterocycles. The quantitative estimate of drug-likeness (QED) is 0.141. The van der Waals surface area contributed by atoms with Crippen molar-refractivity contribution >= 4 is 56.5 Å². The van der Waals surface area contributed by atoms with E-state index in [0.29, 0.717) is 55.2 Å². The molecule has 12 heteroatoms. The van der Waals surface area contributed by atoms with E-state index in [4.69, 9.17) is 11.1 Å². The van der Waals surface area contributed by atoms with Gasteiger partial charge in [-0.05, 0) is 55.9 Å². The van der Waals surface area contributed by atoms with Crippen molar-refractivity contribution in [1.29, 1.82) is 0 Å². The van der Waals surface area contributed by atoms with Gasteiger partial charge in [-0.25, -0.2) is 0 Å². The first-order chi connectivity index (χ1) is 19.4. The Morgan fingerprint density at radius 2 is 1.00 bits per heavy atom. The Morgan fingerprint density at radius 1 is 0.625 bits per heavy atom. The van der Waals surface area contributed by atoms with Crippen molar-refractivity contribution in [1.82, 2.24) is 9.80 Å². The number of hydrogen-bond donors (Lipinski definition) is 0. The highest BCUT2D eigenvalue weighted by Crippen LogP contribution is 2.37. The summed E-state index contributed by atoms with van der Waals surface area (Å²) in [5.41, 5.74) is 20.1. The Balaban J connectivity index is 1.33. The Hall–Kier alpha value is -5.70. The molecule has 0 atom stereocenters. The zero-order chi connectivity index (χ0) is 28.0. The van der Waals surface area contributed by atoms with Gasteiger partial charge in [0.1, 0.15) is 0 Å². The van der Waals surface area contributed by atoms with Gasteiger partial charge in [-0.1, -0.05) is 58.8 Å². The van der Waals surface area contributed by atoms with Crippen LogP contribution in [0.3, 0.4) is 0 Å². The summed E-state index contributed by atoms with van der Waals surface area (Å²) >= 11 is 0. The van der Waals surface area contributed by atoms with E-state index in [1.807, 2.05) is 0 Å². The van der Waals surface area contributed by atoms with Gasteiger partial charge in [0.15, 0.2) is 0 Å². The molecular formula is C28H18N8O4. The lowest BCUT2D eigenvalue weighted by atomic mass is 9.91. The summed E-state index contributed by atoms with van der Waals surface area (Å²) in [4.78, 5) is 61.1. The molecule has 0 unspecified atom stereocenters. The molecule has 2 heterocycles. The lowest BCUT2D eigenvalue weighted by Gasteiger charge is -2.32. The average Bonchev–Trinajstić information content (AvgIpc) is 2.94. The summed E-state index contributed by atoms with van der Waals surface area (Å²) < 4.78 is 0. The second-order valence-corrected chi connectivity index (χ2v) is 9.38. The zero-order valence-corrected chi connectivity index (χ0v) is 20.8. The Bertz CT molecular complexity index is 1780. The van der Waals surface area contributed by atoms with Crippen LogP contribution in [0.1, 0.15) is 31.8 Å². The molecule has 0 fully saturated rings. The molecule has 0 saturated carbocycles. The summed E-state index contributed by atoms with van der Waals surface area (Å²) in [5, 5.41) is 9.69. The van der Waals surface area contributed by atoms with Crippen LogP contribution in [-0.4, -0.2) is 46.5 Å². The molecule has 0 aliphatic carbocycles. The van der Waals surface area contributed by atoms with E-state index in [-0.39, 0.29) is 25.9 Å². The van der Waals surface area contributed by atoms with E-state index < -0.39 is 23.6 Å². The van der Waals surface area contributed by atoms with Crippen LogP contribution in [0.25, 0.3) is 42.4 Å². The molecule has 4 aromatic carbocycles. The van der Waals surface area contributed by atoms with Crippen molar-refractivity contribution < 1.29 is 19.2 Å². The molecule has 0 N–H and O–H groups in total. The first-order valence-electron chi connectivity index (χ1n) is 12.3. The third-order valence-corrected chi connectivity index (χ3v) is 7.26. The van der Waals surface area contributed by atoms with Crippen molar-refractivity contribution in [2.45, 2.75) is 12.8 Å². The highest BCUT2D eigenvalue weighted by Gasteiger charge is 2.37. The van der Waals surface area contributed by atoms with Crippen molar-refractivity contribution in [3.8, 4) is 0 Å². The van der Waals surface area contributed by atoms with Crippen LogP contribution >= 0.6 is 0 Å². The van der Waals surface area contributed by atoms with Gasteiger partial charge >= 0.3 is 0 Å². The minimum atomic E-state index is -0.545. The number of hydrogen-bond acceptors (Lipinski definition) is 6. The molecule has 12 nitrogen and oxygen atoms in total. The lowest BCUT2D eigenvalue weighted by molar-refractivity contribution is -0.132. The number of carbonyl (C=O) groups is 4. The number of fused-ring (bicyclic) bond motifs is 6. The molecule has 0 saturated heterocycles. The maximum absolute atomic E-state index is 13.6. The molecular weight excluding hydrogens is 512 g/mol. The highest BCUT2D eigenvalue weighted by molar-refractivity contribution is 6.19. The van der Waals surface area contributed by atoms with E-state index in [2.05, 4.69) is 20.1 Å². The normalized spacial score (nSPS) is 14.6. The van der Waals surface area contributed by atoms with Crippen molar-refractivity contribution in [2.75, 3.05) is 13.1 Å². The fourth-order valence-electron chi connectivity index (χ4n) is 5.54. The van der Waals surface area contributed by atoms with Crippen LogP contribution in [0.15, 0.2) is 70.9 Å². The van der Waals surface area contributed by atoms with Crippen LogP contribution in [0.2, 0.25) is 0 Å². The number of amides is 4. The van der Waals surface area contributed by atoms with Gasteiger partial charge in [0, 0.05) is 34.3 Å². The Morgan fingerprint density at radius 3 is 1.38 bits per heavy atom. The average molecular weight is 531 g/mol. The number of benzene rings is 4. The molecule has 40 heavy (non-hydrogen) atoms. The van der Waals surface area contributed by atoms with Crippen molar-refractivity contribution in [3.05, 3.63) is 104 Å². The van der Waals surface area contributed by atoms with Crippen molar-refractivity contribution in [3.63, 3.8) is 0 Å².